The zero-order valence-electron chi connectivity index (χ0n) is 17.5. The molecule has 0 radical (unpaired) electrons. The number of methoxy groups -OCH3 is 1. The lowest BCUT2D eigenvalue weighted by molar-refractivity contribution is 0.0773. The van der Waals surface area contributed by atoms with Crippen molar-refractivity contribution in [2.24, 2.45) is 18.9 Å². The lowest BCUT2D eigenvalue weighted by Gasteiger charge is -2.25. The Morgan fingerprint density at radius 1 is 1.06 bits per heavy atom. The van der Waals surface area contributed by atoms with Crippen LogP contribution in [0.25, 0.3) is 0 Å². The highest BCUT2D eigenvalue weighted by molar-refractivity contribution is 6.01. The third-order valence-corrected chi connectivity index (χ3v) is 6.27. The number of anilines is 1. The number of carbonyl (C=O) groups is 2. The fourth-order valence-electron chi connectivity index (χ4n) is 4.56. The van der Waals surface area contributed by atoms with Gasteiger partial charge in [0.25, 0.3) is 11.8 Å². The van der Waals surface area contributed by atoms with Gasteiger partial charge in [0.1, 0.15) is 17.3 Å². The van der Waals surface area contributed by atoms with Gasteiger partial charge in [0.05, 0.1) is 7.11 Å². The molecule has 2 amide bonds. The van der Waals surface area contributed by atoms with Gasteiger partial charge in [0.2, 0.25) is 5.82 Å². The number of aryl methyl sites for hydroxylation is 1. The minimum absolute atomic E-state index is 0.0511. The Labute approximate surface area is 179 Å². The van der Waals surface area contributed by atoms with E-state index in [9.17, 15) is 9.59 Å². The number of amides is 2. The molecule has 1 saturated heterocycles. The van der Waals surface area contributed by atoms with Crippen molar-refractivity contribution in [3.63, 3.8) is 0 Å². The van der Waals surface area contributed by atoms with Gasteiger partial charge in [-0.2, -0.15) is 0 Å². The minimum atomic E-state index is -0.294. The van der Waals surface area contributed by atoms with E-state index < -0.39 is 0 Å². The topological polar surface area (TPSA) is 94.3 Å². The Morgan fingerprint density at radius 3 is 2.55 bits per heavy atom. The number of nitrogens with one attached hydrogen (secondary N) is 1. The van der Waals surface area contributed by atoms with Crippen molar-refractivity contribution in [3.8, 4) is 5.75 Å². The zero-order chi connectivity index (χ0) is 21.5. The van der Waals surface area contributed by atoms with E-state index in [2.05, 4.69) is 15.5 Å². The summed E-state index contributed by atoms with van der Waals surface area (Å²) >= 11 is 0. The fraction of sp³-hybridized carbons (Fsp3) is 0.364. The summed E-state index contributed by atoms with van der Waals surface area (Å²) < 4.78 is 8.90. The molecule has 9 heteroatoms. The van der Waals surface area contributed by atoms with Crippen molar-refractivity contribution in [1.29, 1.82) is 0 Å². The number of likely N-dealkylation sites (tertiary alicyclic amines) is 1. The van der Waals surface area contributed by atoms with Crippen LogP contribution in [0.5, 0.6) is 5.75 Å². The molecule has 2 aliphatic rings. The van der Waals surface area contributed by atoms with Gasteiger partial charge >= 0.3 is 0 Å². The Hall–Kier alpha value is -3.62. The number of hydrogen-bond donors (Lipinski definition) is 1. The van der Waals surface area contributed by atoms with Gasteiger partial charge in [0.15, 0.2) is 0 Å². The van der Waals surface area contributed by atoms with Crippen LogP contribution in [0, 0.1) is 11.8 Å². The third kappa shape index (κ3) is 3.45. The molecule has 0 bridgehead atoms. The van der Waals surface area contributed by atoms with E-state index in [1.54, 1.807) is 31.4 Å². The van der Waals surface area contributed by atoms with Crippen molar-refractivity contribution in [2.75, 3.05) is 25.5 Å². The second-order valence-corrected chi connectivity index (χ2v) is 8.17. The molecule has 1 fully saturated rings. The highest BCUT2D eigenvalue weighted by Gasteiger charge is 2.41. The van der Waals surface area contributed by atoms with Crippen LogP contribution < -0.4 is 10.1 Å². The van der Waals surface area contributed by atoms with Crippen molar-refractivity contribution in [1.82, 2.24) is 24.2 Å². The average Bonchev–Trinajstić information content (AvgIpc) is 3.49. The first-order chi connectivity index (χ1) is 15.0. The molecule has 0 saturated carbocycles. The summed E-state index contributed by atoms with van der Waals surface area (Å²) in [5.74, 6) is 2.19. The largest absolute Gasteiger partial charge is 0.497 e. The molecular formula is C22H24N6O3. The van der Waals surface area contributed by atoms with E-state index in [0.717, 1.165) is 11.6 Å². The predicted molar refractivity (Wildman–Crippen MR) is 113 cm³/mol. The van der Waals surface area contributed by atoms with Gasteiger partial charge in [-0.3, -0.25) is 9.59 Å². The summed E-state index contributed by atoms with van der Waals surface area (Å²) in [5, 5.41) is 11.3. The molecule has 2 aromatic heterocycles. The SMILES string of the molecule is COc1ccc(NC(=O)c2nnc3n2C[C@@H]2CN(C(=O)c4cccn4C)C[C@@H]2C3)cc1. The van der Waals surface area contributed by atoms with E-state index in [-0.39, 0.29) is 17.7 Å². The summed E-state index contributed by atoms with van der Waals surface area (Å²) in [7, 11) is 3.48. The average molecular weight is 420 g/mol. The van der Waals surface area contributed by atoms with E-state index >= 15 is 0 Å². The lowest BCUT2D eigenvalue weighted by Crippen LogP contribution is -2.31. The van der Waals surface area contributed by atoms with Crippen LogP contribution in [0.1, 0.15) is 26.9 Å². The van der Waals surface area contributed by atoms with Crippen LogP contribution >= 0.6 is 0 Å². The lowest BCUT2D eigenvalue weighted by atomic mass is 9.89. The first kappa shape index (κ1) is 19.3. The van der Waals surface area contributed by atoms with Crippen molar-refractivity contribution in [2.45, 2.75) is 13.0 Å². The molecule has 4 heterocycles. The molecule has 0 unspecified atom stereocenters. The minimum Gasteiger partial charge on any atom is -0.497 e. The van der Waals surface area contributed by atoms with Crippen molar-refractivity contribution >= 4 is 17.5 Å². The number of nitrogens with zero attached hydrogens (tertiary/aromatic N) is 5. The molecule has 2 aliphatic heterocycles. The number of rotatable bonds is 4. The maximum atomic E-state index is 12.9. The quantitative estimate of drug-likeness (QED) is 0.695. The zero-order valence-corrected chi connectivity index (χ0v) is 17.5. The van der Waals surface area contributed by atoms with E-state index in [4.69, 9.17) is 4.74 Å². The van der Waals surface area contributed by atoms with Gasteiger partial charge in [0, 0.05) is 45.0 Å². The molecule has 0 aliphatic carbocycles. The van der Waals surface area contributed by atoms with Gasteiger partial charge in [-0.1, -0.05) is 0 Å². The number of benzene rings is 1. The van der Waals surface area contributed by atoms with Gasteiger partial charge in [-0.25, -0.2) is 0 Å². The van der Waals surface area contributed by atoms with Crippen LogP contribution in [0.2, 0.25) is 0 Å². The maximum absolute atomic E-state index is 12.9. The molecule has 5 rings (SSSR count). The number of fused-ring (bicyclic) bond motifs is 2. The van der Waals surface area contributed by atoms with Crippen LogP contribution in [0.4, 0.5) is 5.69 Å². The van der Waals surface area contributed by atoms with E-state index in [1.807, 2.05) is 39.4 Å². The molecule has 31 heavy (non-hydrogen) atoms. The van der Waals surface area contributed by atoms with E-state index in [1.165, 1.54) is 0 Å². The van der Waals surface area contributed by atoms with Gasteiger partial charge in [-0.15, -0.1) is 10.2 Å². The summed E-state index contributed by atoms with van der Waals surface area (Å²) in [6.45, 7) is 2.01. The molecule has 3 aromatic rings. The Morgan fingerprint density at radius 2 is 1.84 bits per heavy atom. The third-order valence-electron chi connectivity index (χ3n) is 6.27. The van der Waals surface area contributed by atoms with Crippen LogP contribution in [-0.4, -0.2) is 56.2 Å². The second-order valence-electron chi connectivity index (χ2n) is 8.17. The van der Waals surface area contributed by atoms with Crippen LogP contribution in [-0.2, 0) is 20.0 Å². The monoisotopic (exact) mass is 420 g/mol. The predicted octanol–water partition coefficient (Wildman–Crippen LogP) is 1.82. The molecule has 1 N–H and O–H groups in total. The van der Waals surface area contributed by atoms with Gasteiger partial charge < -0.3 is 24.1 Å². The molecule has 0 spiro atoms. The maximum Gasteiger partial charge on any atom is 0.293 e. The molecule has 1 aromatic carbocycles. The Kier molecular flexibility index (Phi) is 4.72. The summed E-state index contributed by atoms with van der Waals surface area (Å²) in [5.41, 5.74) is 1.36. The molecule has 2 atom stereocenters. The van der Waals surface area contributed by atoms with Crippen LogP contribution in [0.15, 0.2) is 42.6 Å². The highest BCUT2D eigenvalue weighted by atomic mass is 16.5. The standard InChI is InChI=1S/C22H24N6O3/c1-26-9-3-4-18(26)22(30)27-11-14-10-19-24-25-20(28(19)13-15(14)12-27)21(29)23-16-5-7-17(31-2)8-6-16/h3-9,14-15H,10-13H2,1-2H3,(H,23,29)/t14-,15-/m0/s1. The second kappa shape index (κ2) is 7.57. The van der Waals surface area contributed by atoms with Crippen molar-refractivity contribution < 1.29 is 14.3 Å². The highest BCUT2D eigenvalue weighted by Crippen LogP contribution is 2.33. The summed E-state index contributed by atoms with van der Waals surface area (Å²) in [4.78, 5) is 27.6. The smallest absolute Gasteiger partial charge is 0.293 e. The first-order valence-corrected chi connectivity index (χ1v) is 10.3. The number of hydrogen-bond acceptors (Lipinski definition) is 5. The summed E-state index contributed by atoms with van der Waals surface area (Å²) in [6, 6.07) is 10.9. The molecule has 9 nitrogen and oxygen atoms in total. The van der Waals surface area contributed by atoms with Crippen molar-refractivity contribution in [3.05, 3.63) is 59.9 Å². The number of aromatic nitrogens is 4. The Balaban J connectivity index is 1.29. The normalized spacial score (nSPS) is 19.6. The molecular weight excluding hydrogens is 396 g/mol. The Bertz CT molecular complexity index is 1130. The van der Waals surface area contributed by atoms with Gasteiger partial charge in [-0.05, 0) is 48.2 Å². The van der Waals surface area contributed by atoms with E-state index in [0.29, 0.717) is 49.2 Å². The number of carbonyl (C=O) groups excluding carboxylic acids is 2. The molecule has 160 valence electrons. The van der Waals surface area contributed by atoms with Crippen LogP contribution in [0.3, 0.4) is 0 Å². The fourth-order valence-corrected chi connectivity index (χ4v) is 4.56. The summed E-state index contributed by atoms with van der Waals surface area (Å²) in [6.07, 6.45) is 2.59. The first-order valence-electron chi connectivity index (χ1n) is 10.3. The number of ether oxygens (including phenoxy) is 1.